The molecule has 1 aromatic rings. The van der Waals surface area contributed by atoms with Crippen LogP contribution in [0.4, 0.5) is 0 Å². The fraction of sp³-hybridized carbons (Fsp3) is 0.250. The third-order valence-corrected chi connectivity index (χ3v) is 1.96. The van der Waals surface area contributed by atoms with Gasteiger partial charge in [0.05, 0.1) is 24.2 Å². The zero-order valence-electron chi connectivity index (χ0n) is 6.74. The first-order valence-corrected chi connectivity index (χ1v) is 4.41. The van der Waals surface area contributed by atoms with Crippen LogP contribution >= 0.6 is 15.9 Å². The molecule has 1 atom stereocenters. The molecule has 13 heavy (non-hydrogen) atoms. The molecule has 0 aromatic carbocycles. The Hall–Kier alpha value is -1.12. The van der Waals surface area contributed by atoms with Gasteiger partial charge >= 0.3 is 0 Å². The molecule has 1 rings (SSSR count). The van der Waals surface area contributed by atoms with E-state index in [1.165, 1.54) is 12.3 Å². The highest BCUT2D eigenvalue weighted by Gasteiger charge is 2.11. The third-order valence-electron chi connectivity index (χ3n) is 1.53. The first kappa shape index (κ1) is 9.96. The molecule has 4 nitrogen and oxygen atoms in total. The molecule has 0 saturated carbocycles. The summed E-state index contributed by atoms with van der Waals surface area (Å²) in [6, 6.07) is 2.89. The minimum Gasteiger partial charge on any atom is -0.506 e. The lowest BCUT2D eigenvalue weighted by molar-refractivity contribution is 0.456. The molecule has 0 fully saturated rings. The van der Waals surface area contributed by atoms with Crippen molar-refractivity contribution in [2.45, 2.75) is 12.5 Å². The van der Waals surface area contributed by atoms with Gasteiger partial charge in [-0.3, -0.25) is 4.98 Å². The maximum absolute atomic E-state index is 9.41. The van der Waals surface area contributed by atoms with Crippen LogP contribution in [0.2, 0.25) is 0 Å². The van der Waals surface area contributed by atoms with Gasteiger partial charge in [0.25, 0.3) is 0 Å². The van der Waals surface area contributed by atoms with Gasteiger partial charge < -0.3 is 10.8 Å². The normalized spacial score (nSPS) is 12.1. The van der Waals surface area contributed by atoms with Crippen molar-refractivity contribution < 1.29 is 5.11 Å². The maximum Gasteiger partial charge on any atom is 0.139 e. The first-order chi connectivity index (χ1) is 6.15. The summed E-state index contributed by atoms with van der Waals surface area (Å²) in [5, 5.41) is 17.8. The second kappa shape index (κ2) is 4.21. The molecule has 1 aromatic heterocycles. The Kier molecular flexibility index (Phi) is 3.23. The summed E-state index contributed by atoms with van der Waals surface area (Å²) in [5.41, 5.74) is 5.95. The van der Waals surface area contributed by atoms with Crippen molar-refractivity contribution in [1.29, 1.82) is 5.26 Å². The van der Waals surface area contributed by atoms with Crippen molar-refractivity contribution in [3.05, 3.63) is 22.4 Å². The summed E-state index contributed by atoms with van der Waals surface area (Å²) in [6.07, 6.45) is 1.68. The standard InChI is InChI=1S/C8H8BrN3O/c9-5-3-7(13)8(12-4-5)6(11)1-2-10/h3-4,6,13H,1,11H2. The SMILES string of the molecule is N#CCC(N)c1ncc(Br)cc1O. The predicted molar refractivity (Wildman–Crippen MR) is 50.8 cm³/mol. The Bertz CT molecular complexity index is 348. The number of hydrogen-bond acceptors (Lipinski definition) is 4. The van der Waals surface area contributed by atoms with Crippen LogP contribution in [0.5, 0.6) is 5.75 Å². The Morgan fingerprint density at radius 2 is 2.46 bits per heavy atom. The van der Waals surface area contributed by atoms with Gasteiger partial charge in [0, 0.05) is 10.7 Å². The van der Waals surface area contributed by atoms with Crippen molar-refractivity contribution >= 4 is 15.9 Å². The minimum atomic E-state index is -0.530. The summed E-state index contributed by atoms with van der Waals surface area (Å²) in [7, 11) is 0. The summed E-state index contributed by atoms with van der Waals surface area (Å²) >= 11 is 3.16. The van der Waals surface area contributed by atoms with E-state index in [0.717, 1.165) is 0 Å². The number of pyridine rings is 1. The lowest BCUT2D eigenvalue weighted by Gasteiger charge is -2.08. The molecule has 0 aliphatic carbocycles. The second-order valence-corrected chi connectivity index (χ2v) is 3.44. The number of nitriles is 1. The van der Waals surface area contributed by atoms with Crippen molar-refractivity contribution in [3.8, 4) is 11.8 Å². The van der Waals surface area contributed by atoms with Crippen LogP contribution in [0.25, 0.3) is 0 Å². The van der Waals surface area contributed by atoms with E-state index < -0.39 is 6.04 Å². The van der Waals surface area contributed by atoms with Crippen LogP contribution < -0.4 is 5.73 Å². The molecule has 0 spiro atoms. The molecule has 0 bridgehead atoms. The van der Waals surface area contributed by atoms with E-state index in [-0.39, 0.29) is 12.2 Å². The van der Waals surface area contributed by atoms with Gasteiger partial charge in [0.15, 0.2) is 0 Å². The van der Waals surface area contributed by atoms with Crippen molar-refractivity contribution in [2.75, 3.05) is 0 Å². The molecule has 0 saturated heterocycles. The number of halogens is 1. The second-order valence-electron chi connectivity index (χ2n) is 2.53. The molecule has 3 N–H and O–H groups in total. The Balaban J connectivity index is 2.96. The van der Waals surface area contributed by atoms with Crippen molar-refractivity contribution in [2.24, 2.45) is 5.73 Å². The van der Waals surface area contributed by atoms with Gasteiger partial charge in [0.2, 0.25) is 0 Å². The summed E-state index contributed by atoms with van der Waals surface area (Å²) in [4.78, 5) is 3.92. The highest BCUT2D eigenvalue weighted by Crippen LogP contribution is 2.24. The van der Waals surface area contributed by atoms with E-state index in [9.17, 15) is 5.11 Å². The van der Waals surface area contributed by atoms with E-state index >= 15 is 0 Å². The van der Waals surface area contributed by atoms with Crippen LogP contribution in [0.15, 0.2) is 16.7 Å². The number of aromatic hydroxyl groups is 1. The van der Waals surface area contributed by atoms with Gasteiger partial charge in [-0.05, 0) is 22.0 Å². The zero-order valence-corrected chi connectivity index (χ0v) is 8.32. The Labute approximate surface area is 84.1 Å². The number of rotatable bonds is 2. The van der Waals surface area contributed by atoms with Crippen molar-refractivity contribution in [1.82, 2.24) is 4.98 Å². The fourth-order valence-corrected chi connectivity index (χ4v) is 1.24. The Morgan fingerprint density at radius 3 is 3.00 bits per heavy atom. The molecule has 0 radical (unpaired) electrons. The highest BCUT2D eigenvalue weighted by molar-refractivity contribution is 9.10. The summed E-state index contributed by atoms with van der Waals surface area (Å²) in [6.45, 7) is 0. The summed E-state index contributed by atoms with van der Waals surface area (Å²) in [5.74, 6) is 0.0112. The topological polar surface area (TPSA) is 82.9 Å². The smallest absolute Gasteiger partial charge is 0.139 e. The van der Waals surface area contributed by atoms with E-state index in [1.54, 1.807) is 0 Å². The fourth-order valence-electron chi connectivity index (χ4n) is 0.920. The maximum atomic E-state index is 9.41. The van der Waals surface area contributed by atoms with E-state index in [0.29, 0.717) is 10.2 Å². The van der Waals surface area contributed by atoms with Crippen molar-refractivity contribution in [3.63, 3.8) is 0 Å². The lowest BCUT2D eigenvalue weighted by Crippen LogP contribution is -2.11. The highest BCUT2D eigenvalue weighted by atomic mass is 79.9. The van der Waals surface area contributed by atoms with Crippen LogP contribution in [-0.2, 0) is 0 Å². The van der Waals surface area contributed by atoms with Crippen LogP contribution in [0.1, 0.15) is 18.2 Å². The largest absolute Gasteiger partial charge is 0.506 e. The first-order valence-electron chi connectivity index (χ1n) is 3.62. The van der Waals surface area contributed by atoms with Crippen LogP contribution in [0.3, 0.4) is 0 Å². The molecule has 0 amide bonds. The Morgan fingerprint density at radius 1 is 1.77 bits per heavy atom. The quantitative estimate of drug-likeness (QED) is 0.822. The third kappa shape index (κ3) is 2.41. The number of aromatic nitrogens is 1. The number of nitrogens with zero attached hydrogens (tertiary/aromatic N) is 2. The number of nitrogens with two attached hydrogens (primary N) is 1. The van der Waals surface area contributed by atoms with E-state index in [2.05, 4.69) is 20.9 Å². The van der Waals surface area contributed by atoms with Crippen LogP contribution in [0, 0.1) is 11.3 Å². The molecular weight excluding hydrogens is 234 g/mol. The molecule has 0 aliphatic heterocycles. The summed E-state index contributed by atoms with van der Waals surface area (Å²) < 4.78 is 0.679. The number of hydrogen-bond donors (Lipinski definition) is 2. The average Bonchev–Trinajstić information content (AvgIpc) is 2.04. The van der Waals surface area contributed by atoms with E-state index in [4.69, 9.17) is 11.0 Å². The van der Waals surface area contributed by atoms with Gasteiger partial charge in [-0.25, -0.2) is 0 Å². The molecule has 1 unspecified atom stereocenters. The lowest BCUT2D eigenvalue weighted by atomic mass is 10.1. The van der Waals surface area contributed by atoms with Crippen LogP contribution in [-0.4, -0.2) is 10.1 Å². The monoisotopic (exact) mass is 241 g/mol. The molecule has 1 heterocycles. The molecule has 0 aliphatic rings. The predicted octanol–water partition coefficient (Wildman–Crippen LogP) is 1.46. The van der Waals surface area contributed by atoms with Gasteiger partial charge in [-0.15, -0.1) is 0 Å². The zero-order chi connectivity index (χ0) is 9.84. The molecule has 68 valence electrons. The van der Waals surface area contributed by atoms with Gasteiger partial charge in [0.1, 0.15) is 5.75 Å². The molecular formula is C8H8BrN3O. The minimum absolute atomic E-state index is 0.0112. The van der Waals surface area contributed by atoms with E-state index in [1.807, 2.05) is 6.07 Å². The van der Waals surface area contributed by atoms with Gasteiger partial charge in [-0.2, -0.15) is 5.26 Å². The molecule has 5 heteroatoms. The average molecular weight is 242 g/mol. The van der Waals surface area contributed by atoms with Gasteiger partial charge in [-0.1, -0.05) is 0 Å².